The summed E-state index contributed by atoms with van der Waals surface area (Å²) in [7, 11) is 0. The number of benzene rings is 1. The van der Waals surface area contributed by atoms with Crippen LogP contribution in [-0.2, 0) is 0 Å². The Morgan fingerprint density at radius 3 is 2.54 bits per heavy atom. The molecule has 4 rings (SSSR count). The van der Waals surface area contributed by atoms with Crippen LogP contribution in [0.3, 0.4) is 0 Å². The second-order valence-electron chi connectivity index (χ2n) is 5.84. The summed E-state index contributed by atoms with van der Waals surface area (Å²) in [5.74, 6) is 0.644. The van der Waals surface area contributed by atoms with Gasteiger partial charge in [-0.3, -0.25) is 0 Å². The first-order valence-electron chi connectivity index (χ1n) is 8.44. The molecule has 0 spiro atoms. The molecule has 28 heavy (non-hydrogen) atoms. The maximum atomic E-state index is 9.78. The zero-order valence-electron chi connectivity index (χ0n) is 14.6. The van der Waals surface area contributed by atoms with Crippen LogP contribution < -0.4 is 4.74 Å². The lowest BCUT2D eigenvalue weighted by Gasteiger charge is -2.15. The maximum absolute atomic E-state index is 9.78. The van der Waals surface area contributed by atoms with Crippen LogP contribution in [0.2, 0.25) is 0 Å². The number of pyridine rings is 1. The first-order chi connectivity index (χ1) is 13.8. The molecular formula is C22H13N3O2S. The normalized spacial score (nSPS) is 11.4. The molecule has 0 aliphatic rings. The third-order valence-electron chi connectivity index (χ3n) is 4.11. The second kappa shape index (κ2) is 7.79. The van der Waals surface area contributed by atoms with Gasteiger partial charge in [-0.15, -0.1) is 11.3 Å². The number of hydrogen-bond acceptors (Lipinski definition) is 6. The molecule has 0 aliphatic heterocycles. The third kappa shape index (κ3) is 3.37. The first-order valence-corrected chi connectivity index (χ1v) is 9.32. The fraction of sp³-hybridized carbons (Fsp3) is 0.0455. The van der Waals surface area contributed by atoms with Crippen molar-refractivity contribution in [3.8, 4) is 39.9 Å². The Hall–Kier alpha value is -3.87. The van der Waals surface area contributed by atoms with Crippen molar-refractivity contribution in [1.82, 2.24) is 4.98 Å². The Bertz CT molecular complexity index is 1160. The van der Waals surface area contributed by atoms with E-state index in [0.29, 0.717) is 22.6 Å². The molecule has 5 nitrogen and oxygen atoms in total. The topological polar surface area (TPSA) is 82.8 Å². The zero-order valence-corrected chi connectivity index (χ0v) is 15.4. The van der Waals surface area contributed by atoms with Crippen LogP contribution in [0.4, 0.5) is 0 Å². The van der Waals surface area contributed by atoms with Crippen molar-refractivity contribution in [3.63, 3.8) is 0 Å². The number of nitriles is 2. The van der Waals surface area contributed by atoms with Gasteiger partial charge in [-0.05, 0) is 29.6 Å². The predicted molar refractivity (Wildman–Crippen MR) is 105 cm³/mol. The number of rotatable bonds is 5. The van der Waals surface area contributed by atoms with Gasteiger partial charge in [0.2, 0.25) is 12.0 Å². The van der Waals surface area contributed by atoms with Crippen LogP contribution in [0.25, 0.3) is 21.9 Å². The summed E-state index contributed by atoms with van der Waals surface area (Å²) in [5, 5.41) is 21.3. The van der Waals surface area contributed by atoms with Crippen LogP contribution in [0, 0.1) is 22.7 Å². The number of hydrogen-bond donors (Lipinski definition) is 0. The number of aromatic nitrogens is 1. The quantitative estimate of drug-likeness (QED) is 0.449. The molecule has 0 aliphatic carbocycles. The van der Waals surface area contributed by atoms with Crippen molar-refractivity contribution in [2.75, 3.05) is 0 Å². The first kappa shape index (κ1) is 17.5. The van der Waals surface area contributed by atoms with Gasteiger partial charge in [0.05, 0.1) is 16.8 Å². The SMILES string of the molecule is N#Cc1c(-c2ccco2)cc(-c2cccs2)nc1OC(C#N)c1ccccc1. The third-order valence-corrected chi connectivity index (χ3v) is 5.00. The highest BCUT2D eigenvalue weighted by atomic mass is 32.1. The summed E-state index contributed by atoms with van der Waals surface area (Å²) < 4.78 is 11.4. The molecule has 0 fully saturated rings. The Kier molecular flexibility index (Phi) is 4.88. The van der Waals surface area contributed by atoms with Gasteiger partial charge in [0, 0.05) is 11.1 Å². The van der Waals surface area contributed by atoms with E-state index in [1.54, 1.807) is 36.6 Å². The molecule has 3 heterocycles. The van der Waals surface area contributed by atoms with E-state index < -0.39 is 6.10 Å². The van der Waals surface area contributed by atoms with E-state index in [-0.39, 0.29) is 11.4 Å². The lowest BCUT2D eigenvalue weighted by molar-refractivity contribution is 0.251. The largest absolute Gasteiger partial charge is 0.464 e. The molecule has 1 aromatic carbocycles. The highest BCUT2D eigenvalue weighted by Crippen LogP contribution is 2.36. The van der Waals surface area contributed by atoms with Crippen LogP contribution >= 0.6 is 11.3 Å². The van der Waals surface area contributed by atoms with E-state index in [0.717, 1.165) is 4.88 Å². The Labute approximate surface area is 165 Å². The van der Waals surface area contributed by atoms with Gasteiger partial charge >= 0.3 is 0 Å². The van der Waals surface area contributed by atoms with Crippen molar-refractivity contribution >= 4 is 11.3 Å². The van der Waals surface area contributed by atoms with E-state index in [2.05, 4.69) is 17.1 Å². The number of ether oxygens (including phenoxy) is 1. The van der Waals surface area contributed by atoms with Crippen molar-refractivity contribution in [3.05, 3.63) is 83.4 Å². The lowest BCUT2D eigenvalue weighted by Crippen LogP contribution is -2.08. The zero-order chi connectivity index (χ0) is 19.3. The number of nitrogens with zero attached hydrogens (tertiary/aromatic N) is 3. The van der Waals surface area contributed by atoms with Gasteiger partial charge < -0.3 is 9.15 Å². The molecular weight excluding hydrogens is 370 g/mol. The minimum absolute atomic E-state index is 0.107. The van der Waals surface area contributed by atoms with Gasteiger partial charge in [0.25, 0.3) is 0 Å². The predicted octanol–water partition coefficient (Wildman–Crippen LogP) is 5.59. The molecule has 1 unspecified atom stereocenters. The van der Waals surface area contributed by atoms with Crippen LogP contribution in [0.1, 0.15) is 17.2 Å². The van der Waals surface area contributed by atoms with E-state index in [4.69, 9.17) is 9.15 Å². The van der Waals surface area contributed by atoms with Crippen molar-refractivity contribution < 1.29 is 9.15 Å². The summed E-state index contributed by atoms with van der Waals surface area (Å²) >= 11 is 1.53. The molecule has 6 heteroatoms. The van der Waals surface area contributed by atoms with Crippen molar-refractivity contribution in [1.29, 1.82) is 10.5 Å². The number of furan rings is 1. The summed E-state index contributed by atoms with van der Waals surface area (Å²) in [6.45, 7) is 0. The van der Waals surface area contributed by atoms with Crippen molar-refractivity contribution in [2.24, 2.45) is 0 Å². The summed E-state index contributed by atoms with van der Waals surface area (Å²) in [4.78, 5) is 5.47. The van der Waals surface area contributed by atoms with E-state index in [1.807, 2.05) is 35.7 Å². The molecule has 0 amide bonds. The molecule has 0 bridgehead atoms. The van der Waals surface area contributed by atoms with Gasteiger partial charge in [0.15, 0.2) is 0 Å². The molecule has 0 N–H and O–H groups in total. The molecule has 0 saturated heterocycles. The summed E-state index contributed by atoms with van der Waals surface area (Å²) in [6.07, 6.45) is 0.661. The van der Waals surface area contributed by atoms with Gasteiger partial charge in [-0.1, -0.05) is 36.4 Å². The van der Waals surface area contributed by atoms with E-state index in [9.17, 15) is 10.5 Å². The smallest absolute Gasteiger partial charge is 0.234 e. The standard InChI is InChI=1S/C22H13N3O2S/c23-13-17-16(19-8-4-10-26-19)12-18(21-9-5-11-28-21)25-22(17)27-20(14-24)15-6-2-1-3-7-15/h1-12,20H. The van der Waals surface area contributed by atoms with Crippen LogP contribution in [0.15, 0.2) is 76.7 Å². The highest BCUT2D eigenvalue weighted by Gasteiger charge is 2.22. The van der Waals surface area contributed by atoms with Crippen molar-refractivity contribution in [2.45, 2.75) is 6.10 Å². The summed E-state index contributed by atoms with van der Waals surface area (Å²) in [6, 6.07) is 22.6. The minimum Gasteiger partial charge on any atom is -0.464 e. The Morgan fingerprint density at radius 2 is 1.89 bits per heavy atom. The highest BCUT2D eigenvalue weighted by molar-refractivity contribution is 7.13. The molecule has 1 atom stereocenters. The lowest BCUT2D eigenvalue weighted by atomic mass is 10.1. The molecule has 3 aromatic heterocycles. The Morgan fingerprint density at radius 1 is 1.04 bits per heavy atom. The fourth-order valence-electron chi connectivity index (χ4n) is 2.80. The Balaban J connectivity index is 1.86. The monoisotopic (exact) mass is 383 g/mol. The van der Waals surface area contributed by atoms with E-state index in [1.165, 1.54) is 11.3 Å². The van der Waals surface area contributed by atoms with Gasteiger partial charge in [0.1, 0.15) is 23.5 Å². The minimum atomic E-state index is -0.885. The van der Waals surface area contributed by atoms with Gasteiger partial charge in [-0.2, -0.15) is 10.5 Å². The van der Waals surface area contributed by atoms with Crippen LogP contribution in [0.5, 0.6) is 5.88 Å². The molecule has 134 valence electrons. The van der Waals surface area contributed by atoms with Gasteiger partial charge in [-0.25, -0.2) is 4.98 Å². The average Bonchev–Trinajstić information content (AvgIpc) is 3.46. The molecule has 0 saturated carbocycles. The van der Waals surface area contributed by atoms with Crippen LogP contribution in [-0.4, -0.2) is 4.98 Å². The van der Waals surface area contributed by atoms with E-state index >= 15 is 0 Å². The second-order valence-corrected chi connectivity index (χ2v) is 6.79. The fourth-order valence-corrected chi connectivity index (χ4v) is 3.49. The average molecular weight is 383 g/mol. The maximum Gasteiger partial charge on any atom is 0.234 e. The summed E-state index contributed by atoms with van der Waals surface area (Å²) in [5.41, 5.74) is 2.15. The molecule has 0 radical (unpaired) electrons. The number of thiophene rings is 1. The molecule has 4 aromatic rings.